The number of hydrogen-bond donors (Lipinski definition) is 2. The zero-order valence-corrected chi connectivity index (χ0v) is 13.0. The second-order valence-electron chi connectivity index (χ2n) is 5.03. The molecule has 1 aliphatic heterocycles. The molecule has 114 valence electrons. The van der Waals surface area contributed by atoms with Crippen LogP contribution in [0, 0.1) is 0 Å². The summed E-state index contributed by atoms with van der Waals surface area (Å²) in [6.07, 6.45) is 0.514. The third kappa shape index (κ3) is 3.64. The summed E-state index contributed by atoms with van der Waals surface area (Å²) in [5.74, 6) is -0.359. The molecule has 0 bridgehead atoms. The number of benzene rings is 1. The first-order chi connectivity index (χ1) is 9.81. The van der Waals surface area contributed by atoms with Crippen molar-refractivity contribution in [1.82, 2.24) is 5.32 Å². The first-order valence-electron chi connectivity index (χ1n) is 6.52. The Kier molecular flexibility index (Phi) is 4.70. The maximum Gasteiger partial charge on any atom is 0.237 e. The molecule has 1 aromatic rings. The largest absolute Gasteiger partial charge is 0.348 e. The van der Waals surface area contributed by atoms with Gasteiger partial charge in [-0.1, -0.05) is 36.4 Å². The van der Waals surface area contributed by atoms with Gasteiger partial charge >= 0.3 is 0 Å². The van der Waals surface area contributed by atoms with E-state index in [4.69, 9.17) is 17.3 Å². The van der Waals surface area contributed by atoms with Crippen molar-refractivity contribution in [3.63, 3.8) is 0 Å². The minimum Gasteiger partial charge on any atom is -0.348 e. The van der Waals surface area contributed by atoms with Crippen molar-refractivity contribution < 1.29 is 13.2 Å². The second kappa shape index (κ2) is 6.17. The van der Waals surface area contributed by atoms with Gasteiger partial charge in [-0.05, 0) is 18.1 Å². The smallest absolute Gasteiger partial charge is 0.237 e. The average molecular weight is 329 g/mol. The number of nitrogens with one attached hydrogen (secondary N) is 1. The standard InChI is InChI=1S/C14H17ClN2O3S/c1-9(15)8-11(16)14(18)17-12-6-7-21(19,20)13-5-3-2-4-10(12)13/h2-5,11-12H,1,6-8,16H2,(H,17,18). The van der Waals surface area contributed by atoms with Crippen LogP contribution in [0.3, 0.4) is 0 Å². The van der Waals surface area contributed by atoms with Crippen LogP contribution in [0.1, 0.15) is 24.4 Å². The van der Waals surface area contributed by atoms with E-state index in [-0.39, 0.29) is 29.0 Å². The third-order valence-corrected chi connectivity index (χ3v) is 5.37. The minimum atomic E-state index is -3.27. The highest BCUT2D eigenvalue weighted by molar-refractivity contribution is 7.91. The maximum atomic E-state index is 12.0. The molecule has 2 atom stereocenters. The highest BCUT2D eigenvalue weighted by Crippen LogP contribution is 2.31. The second-order valence-corrected chi connectivity index (χ2v) is 7.65. The van der Waals surface area contributed by atoms with Gasteiger partial charge in [0.1, 0.15) is 0 Å². The zero-order chi connectivity index (χ0) is 15.6. The number of carbonyl (C=O) groups is 1. The molecule has 0 radical (unpaired) electrons. The van der Waals surface area contributed by atoms with Crippen LogP contribution >= 0.6 is 11.6 Å². The fourth-order valence-corrected chi connectivity index (χ4v) is 4.14. The lowest BCUT2D eigenvalue weighted by Gasteiger charge is -2.27. The Balaban J connectivity index is 2.19. The molecule has 0 aromatic heterocycles. The highest BCUT2D eigenvalue weighted by Gasteiger charge is 2.31. The number of hydrogen-bond acceptors (Lipinski definition) is 4. The normalized spacial score (nSPS) is 21.1. The number of halogens is 1. The first kappa shape index (κ1) is 16.0. The summed E-state index contributed by atoms with van der Waals surface area (Å²) in [6, 6.07) is 5.54. The molecule has 1 amide bonds. The average Bonchev–Trinajstić information content (AvgIpc) is 2.41. The lowest BCUT2D eigenvalue weighted by molar-refractivity contribution is -0.123. The SMILES string of the molecule is C=C(Cl)CC(N)C(=O)NC1CCS(=O)(=O)c2ccccc21. The molecular formula is C14H17ClN2O3S. The Labute approximate surface area is 129 Å². The van der Waals surface area contributed by atoms with Crippen molar-refractivity contribution in [3.8, 4) is 0 Å². The van der Waals surface area contributed by atoms with Crippen molar-refractivity contribution in [2.75, 3.05) is 5.75 Å². The topological polar surface area (TPSA) is 89.3 Å². The van der Waals surface area contributed by atoms with Crippen LogP contribution in [0.15, 0.2) is 40.8 Å². The van der Waals surface area contributed by atoms with Gasteiger partial charge in [-0.2, -0.15) is 0 Å². The molecule has 3 N–H and O–H groups in total. The lowest BCUT2D eigenvalue weighted by Crippen LogP contribution is -2.43. The van der Waals surface area contributed by atoms with Crippen LogP contribution in [0.5, 0.6) is 0 Å². The van der Waals surface area contributed by atoms with E-state index in [9.17, 15) is 13.2 Å². The molecule has 21 heavy (non-hydrogen) atoms. The summed E-state index contributed by atoms with van der Waals surface area (Å²) in [5.41, 5.74) is 6.34. The monoisotopic (exact) mass is 328 g/mol. The van der Waals surface area contributed by atoms with Crippen LogP contribution in [0.4, 0.5) is 0 Å². The van der Waals surface area contributed by atoms with Crippen LogP contribution in [0.2, 0.25) is 0 Å². The lowest BCUT2D eigenvalue weighted by atomic mass is 10.0. The molecule has 2 rings (SSSR count). The van der Waals surface area contributed by atoms with Gasteiger partial charge in [0, 0.05) is 11.5 Å². The van der Waals surface area contributed by atoms with Gasteiger partial charge in [0.05, 0.1) is 22.7 Å². The minimum absolute atomic E-state index is 0.00636. The molecule has 0 aliphatic carbocycles. The van der Waals surface area contributed by atoms with E-state index in [2.05, 4.69) is 11.9 Å². The van der Waals surface area contributed by atoms with Gasteiger partial charge in [0.2, 0.25) is 5.91 Å². The fraction of sp³-hybridized carbons (Fsp3) is 0.357. The molecule has 1 aromatic carbocycles. The summed E-state index contributed by atoms with van der Waals surface area (Å²) in [4.78, 5) is 12.3. The first-order valence-corrected chi connectivity index (χ1v) is 8.55. The Morgan fingerprint density at radius 2 is 2.14 bits per heavy atom. The van der Waals surface area contributed by atoms with Crippen molar-refractivity contribution in [2.24, 2.45) is 5.73 Å². The third-order valence-electron chi connectivity index (χ3n) is 3.40. The summed E-state index contributed by atoms with van der Waals surface area (Å²) in [5, 5.41) is 3.10. The van der Waals surface area contributed by atoms with Crippen LogP contribution < -0.4 is 11.1 Å². The number of fused-ring (bicyclic) bond motifs is 1. The van der Waals surface area contributed by atoms with E-state index in [0.717, 1.165) is 0 Å². The molecule has 5 nitrogen and oxygen atoms in total. The van der Waals surface area contributed by atoms with Gasteiger partial charge in [-0.15, -0.1) is 0 Å². The quantitative estimate of drug-likeness (QED) is 0.876. The Hall–Kier alpha value is -1.37. The molecule has 0 saturated heterocycles. The van der Waals surface area contributed by atoms with E-state index in [0.29, 0.717) is 17.0 Å². The molecule has 0 spiro atoms. The summed E-state index contributed by atoms with van der Waals surface area (Å²) in [7, 11) is -3.27. The Bertz CT molecular complexity index is 673. The molecule has 0 fully saturated rings. The number of rotatable bonds is 4. The number of amides is 1. The summed E-state index contributed by atoms with van der Waals surface area (Å²) >= 11 is 5.64. The molecular weight excluding hydrogens is 312 g/mol. The van der Waals surface area contributed by atoms with E-state index < -0.39 is 15.9 Å². The zero-order valence-electron chi connectivity index (χ0n) is 11.4. The van der Waals surface area contributed by atoms with Gasteiger partial charge in [0.25, 0.3) is 0 Å². The van der Waals surface area contributed by atoms with Gasteiger partial charge in [0.15, 0.2) is 9.84 Å². The summed E-state index contributed by atoms with van der Waals surface area (Å²) < 4.78 is 24.0. The van der Waals surface area contributed by atoms with Gasteiger partial charge in [-0.3, -0.25) is 4.79 Å². The van der Waals surface area contributed by atoms with Crippen molar-refractivity contribution in [2.45, 2.75) is 29.8 Å². The number of carbonyl (C=O) groups excluding carboxylic acids is 1. The van der Waals surface area contributed by atoms with Gasteiger partial charge in [-0.25, -0.2) is 8.42 Å². The van der Waals surface area contributed by atoms with Gasteiger partial charge < -0.3 is 11.1 Å². The van der Waals surface area contributed by atoms with E-state index in [1.165, 1.54) is 0 Å². The van der Waals surface area contributed by atoms with Crippen LogP contribution in [-0.2, 0) is 14.6 Å². The molecule has 2 unspecified atom stereocenters. The van der Waals surface area contributed by atoms with Crippen LogP contribution in [-0.4, -0.2) is 26.1 Å². The van der Waals surface area contributed by atoms with Crippen molar-refractivity contribution >= 4 is 27.3 Å². The number of nitrogens with two attached hydrogens (primary N) is 1. The predicted octanol–water partition coefficient (Wildman–Crippen LogP) is 1.49. The maximum absolute atomic E-state index is 12.0. The molecule has 1 aliphatic rings. The van der Waals surface area contributed by atoms with Crippen molar-refractivity contribution in [1.29, 1.82) is 0 Å². The fourth-order valence-electron chi connectivity index (χ4n) is 2.35. The van der Waals surface area contributed by atoms with E-state index >= 15 is 0 Å². The number of sulfone groups is 1. The van der Waals surface area contributed by atoms with E-state index in [1.807, 2.05) is 0 Å². The van der Waals surface area contributed by atoms with Crippen LogP contribution in [0.25, 0.3) is 0 Å². The van der Waals surface area contributed by atoms with E-state index in [1.54, 1.807) is 24.3 Å². The van der Waals surface area contributed by atoms with Crippen molar-refractivity contribution in [3.05, 3.63) is 41.4 Å². The molecule has 7 heteroatoms. The highest BCUT2D eigenvalue weighted by atomic mass is 35.5. The molecule has 0 saturated carbocycles. The predicted molar refractivity (Wildman–Crippen MR) is 81.6 cm³/mol. The Morgan fingerprint density at radius 3 is 2.81 bits per heavy atom. The molecule has 1 heterocycles. The Morgan fingerprint density at radius 1 is 1.48 bits per heavy atom. The summed E-state index contributed by atoms with van der Waals surface area (Å²) in [6.45, 7) is 3.51.